The van der Waals surface area contributed by atoms with E-state index in [0.29, 0.717) is 23.9 Å². The van der Waals surface area contributed by atoms with Crippen LogP contribution in [0.4, 0.5) is 4.79 Å². The van der Waals surface area contributed by atoms with Gasteiger partial charge in [-0.15, -0.1) is 0 Å². The summed E-state index contributed by atoms with van der Waals surface area (Å²) in [5.74, 6) is 0.410. The Labute approximate surface area is 155 Å². The normalized spacial score (nSPS) is 12.4. The van der Waals surface area contributed by atoms with Crippen molar-refractivity contribution in [3.8, 4) is 0 Å². The van der Waals surface area contributed by atoms with Crippen LogP contribution in [0.1, 0.15) is 20.8 Å². The number of guanidine groups is 1. The Balaban J connectivity index is 2.30. The lowest BCUT2D eigenvalue weighted by Crippen LogP contribution is -2.43. The Bertz CT molecular complexity index is 697. The highest BCUT2D eigenvalue weighted by atomic mass is 32.2. The van der Waals surface area contributed by atoms with Crippen LogP contribution >= 0.6 is 0 Å². The minimum absolute atomic E-state index is 0.0477. The quantitative estimate of drug-likeness (QED) is 0.370. The van der Waals surface area contributed by atoms with Crippen LogP contribution < -0.4 is 16.0 Å². The molecule has 0 aliphatic carbocycles. The first-order chi connectivity index (χ1) is 12.1. The third kappa shape index (κ3) is 8.70. The Morgan fingerprint density at radius 3 is 2.19 bits per heavy atom. The standard InChI is InChI=1S/C17H28N4O4S/c1-17(2,3)25-16(22)21-11-10-19-15(18-4)20-12-13-26(23,24)14-8-6-5-7-9-14/h5-9H,10-13H2,1-4H3,(H,21,22)(H2,18,19,20). The zero-order chi connectivity index (χ0) is 19.6. The molecule has 1 amide bonds. The molecule has 8 nitrogen and oxygen atoms in total. The van der Waals surface area contributed by atoms with Gasteiger partial charge in [-0.1, -0.05) is 18.2 Å². The second-order valence-electron chi connectivity index (χ2n) is 6.49. The number of benzene rings is 1. The van der Waals surface area contributed by atoms with Crippen molar-refractivity contribution >= 4 is 21.9 Å². The molecule has 0 bridgehead atoms. The molecule has 146 valence electrons. The van der Waals surface area contributed by atoms with Crippen LogP contribution in [-0.4, -0.2) is 58.5 Å². The van der Waals surface area contributed by atoms with E-state index >= 15 is 0 Å². The van der Waals surface area contributed by atoms with Crippen molar-refractivity contribution in [1.82, 2.24) is 16.0 Å². The fourth-order valence-electron chi connectivity index (χ4n) is 1.93. The summed E-state index contributed by atoms with van der Waals surface area (Å²) in [4.78, 5) is 15.8. The van der Waals surface area contributed by atoms with Crippen LogP contribution in [0.15, 0.2) is 40.2 Å². The molecule has 0 unspecified atom stereocenters. The van der Waals surface area contributed by atoms with Gasteiger partial charge in [-0.3, -0.25) is 4.99 Å². The Hall–Kier alpha value is -2.29. The molecule has 0 fully saturated rings. The zero-order valence-corrected chi connectivity index (χ0v) is 16.5. The van der Waals surface area contributed by atoms with Crippen molar-refractivity contribution in [2.45, 2.75) is 31.3 Å². The number of sulfone groups is 1. The minimum Gasteiger partial charge on any atom is -0.444 e. The van der Waals surface area contributed by atoms with Crippen LogP contribution in [0.2, 0.25) is 0 Å². The number of alkyl carbamates (subject to hydrolysis) is 1. The van der Waals surface area contributed by atoms with Gasteiger partial charge < -0.3 is 20.7 Å². The molecule has 0 spiro atoms. The maximum absolute atomic E-state index is 12.2. The number of nitrogens with zero attached hydrogens (tertiary/aromatic N) is 1. The van der Waals surface area contributed by atoms with Gasteiger partial charge >= 0.3 is 6.09 Å². The number of aliphatic imine (C=N–C) groups is 1. The van der Waals surface area contributed by atoms with Crippen LogP contribution in [-0.2, 0) is 14.6 Å². The number of carbonyl (C=O) groups is 1. The van der Waals surface area contributed by atoms with E-state index in [4.69, 9.17) is 4.74 Å². The third-order valence-corrected chi connectivity index (χ3v) is 4.81. The minimum atomic E-state index is -3.34. The van der Waals surface area contributed by atoms with Gasteiger partial charge in [-0.2, -0.15) is 0 Å². The van der Waals surface area contributed by atoms with Crippen molar-refractivity contribution in [3.63, 3.8) is 0 Å². The molecule has 26 heavy (non-hydrogen) atoms. The molecule has 0 saturated carbocycles. The molecule has 0 aliphatic heterocycles. The fraction of sp³-hybridized carbons (Fsp3) is 0.529. The number of carbonyl (C=O) groups excluding carboxylic acids is 1. The summed E-state index contributed by atoms with van der Waals surface area (Å²) in [6, 6.07) is 8.31. The van der Waals surface area contributed by atoms with Crippen molar-refractivity contribution in [2.75, 3.05) is 32.4 Å². The summed E-state index contributed by atoms with van der Waals surface area (Å²) in [5.41, 5.74) is -0.542. The maximum Gasteiger partial charge on any atom is 0.407 e. The van der Waals surface area contributed by atoms with Gasteiger partial charge in [0.1, 0.15) is 5.60 Å². The lowest BCUT2D eigenvalue weighted by molar-refractivity contribution is 0.0529. The molecule has 0 aromatic heterocycles. The van der Waals surface area contributed by atoms with E-state index in [-0.39, 0.29) is 12.3 Å². The predicted molar refractivity (Wildman–Crippen MR) is 102 cm³/mol. The molecular weight excluding hydrogens is 356 g/mol. The first-order valence-corrected chi connectivity index (χ1v) is 9.98. The van der Waals surface area contributed by atoms with Crippen LogP contribution in [0, 0.1) is 0 Å². The lowest BCUT2D eigenvalue weighted by atomic mass is 10.2. The summed E-state index contributed by atoms with van der Waals surface area (Å²) in [7, 11) is -1.75. The summed E-state index contributed by atoms with van der Waals surface area (Å²) < 4.78 is 29.5. The molecule has 0 atom stereocenters. The molecule has 1 aromatic rings. The average Bonchev–Trinajstić information content (AvgIpc) is 2.56. The number of amides is 1. The monoisotopic (exact) mass is 384 g/mol. The van der Waals surface area contributed by atoms with Gasteiger partial charge in [-0.05, 0) is 32.9 Å². The van der Waals surface area contributed by atoms with Crippen LogP contribution in [0.25, 0.3) is 0 Å². The van der Waals surface area contributed by atoms with Gasteiger partial charge in [-0.25, -0.2) is 13.2 Å². The molecule has 0 saturated heterocycles. The van der Waals surface area contributed by atoms with Gasteiger partial charge in [0.2, 0.25) is 0 Å². The van der Waals surface area contributed by atoms with Gasteiger partial charge in [0.25, 0.3) is 0 Å². The van der Waals surface area contributed by atoms with Gasteiger partial charge in [0.15, 0.2) is 15.8 Å². The van der Waals surface area contributed by atoms with Crippen molar-refractivity contribution in [3.05, 3.63) is 30.3 Å². The zero-order valence-electron chi connectivity index (χ0n) is 15.7. The first-order valence-electron chi connectivity index (χ1n) is 8.33. The Morgan fingerprint density at radius 1 is 1.04 bits per heavy atom. The molecule has 3 N–H and O–H groups in total. The topological polar surface area (TPSA) is 109 Å². The Kier molecular flexibility index (Phi) is 8.37. The van der Waals surface area contributed by atoms with E-state index in [2.05, 4.69) is 20.9 Å². The van der Waals surface area contributed by atoms with Gasteiger partial charge in [0, 0.05) is 26.7 Å². The lowest BCUT2D eigenvalue weighted by Gasteiger charge is -2.19. The average molecular weight is 385 g/mol. The van der Waals surface area contributed by atoms with Crippen LogP contribution in [0.5, 0.6) is 0 Å². The SMILES string of the molecule is CN=C(NCCNC(=O)OC(C)(C)C)NCCS(=O)(=O)c1ccccc1. The molecule has 1 aromatic carbocycles. The second kappa shape index (κ2) is 10.0. The van der Waals surface area contributed by atoms with Crippen molar-refractivity contribution in [1.29, 1.82) is 0 Å². The number of nitrogens with one attached hydrogen (secondary N) is 3. The first kappa shape index (κ1) is 21.8. The predicted octanol–water partition coefficient (Wildman–Crippen LogP) is 1.15. The highest BCUT2D eigenvalue weighted by molar-refractivity contribution is 7.91. The Morgan fingerprint density at radius 2 is 1.62 bits per heavy atom. The number of hydrogen-bond acceptors (Lipinski definition) is 5. The summed E-state index contributed by atoms with van der Waals surface area (Å²) in [6.07, 6.45) is -0.490. The fourth-order valence-corrected chi connectivity index (χ4v) is 3.11. The third-order valence-electron chi connectivity index (χ3n) is 3.07. The van der Waals surface area contributed by atoms with E-state index in [1.807, 2.05) is 0 Å². The molecule has 0 heterocycles. The van der Waals surface area contributed by atoms with Crippen molar-refractivity contribution < 1.29 is 17.9 Å². The van der Waals surface area contributed by atoms with Gasteiger partial charge in [0.05, 0.1) is 10.6 Å². The summed E-state index contributed by atoms with van der Waals surface area (Å²) >= 11 is 0. The molecule has 0 radical (unpaired) electrons. The van der Waals surface area contributed by atoms with Crippen LogP contribution in [0.3, 0.4) is 0 Å². The maximum atomic E-state index is 12.2. The number of hydrogen-bond donors (Lipinski definition) is 3. The highest BCUT2D eigenvalue weighted by Crippen LogP contribution is 2.09. The number of rotatable bonds is 7. The molecular formula is C17H28N4O4S. The van der Waals surface area contributed by atoms with Crippen molar-refractivity contribution in [2.24, 2.45) is 4.99 Å². The van der Waals surface area contributed by atoms with E-state index in [1.165, 1.54) is 0 Å². The highest BCUT2D eigenvalue weighted by Gasteiger charge is 2.15. The second-order valence-corrected chi connectivity index (χ2v) is 8.60. The van der Waals surface area contributed by atoms with E-state index in [1.54, 1.807) is 58.2 Å². The summed E-state index contributed by atoms with van der Waals surface area (Å²) in [6.45, 7) is 6.36. The van der Waals surface area contributed by atoms with E-state index in [9.17, 15) is 13.2 Å². The van der Waals surface area contributed by atoms with E-state index < -0.39 is 21.5 Å². The van der Waals surface area contributed by atoms with E-state index in [0.717, 1.165) is 0 Å². The largest absolute Gasteiger partial charge is 0.444 e. The molecule has 9 heteroatoms. The molecule has 1 rings (SSSR count). The smallest absolute Gasteiger partial charge is 0.407 e. The number of ether oxygens (including phenoxy) is 1. The molecule has 0 aliphatic rings. The summed E-state index contributed by atoms with van der Waals surface area (Å²) in [5, 5.41) is 8.54.